The second-order valence-corrected chi connectivity index (χ2v) is 10.8. The van der Waals surface area contributed by atoms with Crippen LogP contribution in [-0.2, 0) is 20.9 Å². The Morgan fingerprint density at radius 1 is 1.17 bits per heavy atom. The normalized spacial score (nSPS) is 20.6. The maximum atomic E-state index is 13.1. The largest absolute Gasteiger partial charge is 0.466 e. The van der Waals surface area contributed by atoms with Crippen LogP contribution in [0.15, 0.2) is 74.5 Å². The molecule has 0 saturated carbocycles. The highest BCUT2D eigenvalue weighted by Crippen LogP contribution is 2.45. The molecule has 0 bridgehead atoms. The summed E-state index contributed by atoms with van der Waals surface area (Å²) in [7, 11) is 1.39. The van der Waals surface area contributed by atoms with Gasteiger partial charge in [-0.2, -0.15) is 11.3 Å². The van der Waals surface area contributed by atoms with Crippen molar-refractivity contribution in [3.05, 3.63) is 80.7 Å². The van der Waals surface area contributed by atoms with Gasteiger partial charge in [-0.05, 0) is 53.1 Å². The zero-order valence-corrected chi connectivity index (χ0v) is 22.1. The number of methoxy groups -OCH3 is 1. The second kappa shape index (κ2) is 11.0. The van der Waals surface area contributed by atoms with Crippen LogP contribution >= 0.6 is 23.1 Å². The van der Waals surface area contributed by atoms with Gasteiger partial charge in [-0.1, -0.05) is 42.1 Å². The van der Waals surface area contributed by atoms with Crippen molar-refractivity contribution in [3.63, 3.8) is 0 Å². The van der Waals surface area contributed by atoms with E-state index in [2.05, 4.69) is 39.5 Å². The van der Waals surface area contributed by atoms with E-state index in [0.29, 0.717) is 11.3 Å². The molecule has 9 heteroatoms. The minimum Gasteiger partial charge on any atom is -0.466 e. The van der Waals surface area contributed by atoms with Crippen LogP contribution in [0.5, 0.6) is 0 Å². The molecule has 2 aromatic rings. The minimum atomic E-state index is -0.394. The van der Waals surface area contributed by atoms with Crippen LogP contribution in [0.1, 0.15) is 43.4 Å². The van der Waals surface area contributed by atoms with Gasteiger partial charge in [0.2, 0.25) is 5.91 Å². The molecule has 0 radical (unpaired) electrons. The van der Waals surface area contributed by atoms with E-state index in [4.69, 9.17) is 4.74 Å². The van der Waals surface area contributed by atoms with Crippen LogP contribution in [0.25, 0.3) is 0 Å². The summed E-state index contributed by atoms with van der Waals surface area (Å²) in [6, 6.07) is 12.3. The van der Waals surface area contributed by atoms with Crippen LogP contribution < -0.4 is 5.32 Å². The number of fused-ring (bicyclic) bond motifs is 1. The number of thioether (sulfide) groups is 1. The summed E-state index contributed by atoms with van der Waals surface area (Å²) in [6.45, 7) is 4.72. The Bertz CT molecular complexity index is 1200. The number of likely N-dealkylation sites (tertiary alicyclic amines) is 1. The SMILES string of the molecule is COC(=O)C1=C(C)N=C2SC=C(CC(=O)NC3CCN(Cc4ccccc4)CC3)N2[C@@H]1c1ccsc1. The van der Waals surface area contributed by atoms with Crippen LogP contribution in [0.2, 0.25) is 0 Å². The number of benzene rings is 1. The number of rotatable bonds is 7. The molecule has 0 aliphatic carbocycles. The fourth-order valence-electron chi connectivity index (χ4n) is 5.01. The van der Waals surface area contributed by atoms with Crippen LogP contribution in [0.3, 0.4) is 0 Å². The molecule has 1 atom stereocenters. The molecule has 1 saturated heterocycles. The van der Waals surface area contributed by atoms with Crippen molar-refractivity contribution in [2.24, 2.45) is 4.99 Å². The maximum Gasteiger partial charge on any atom is 0.338 e. The van der Waals surface area contributed by atoms with Gasteiger partial charge in [-0.15, -0.1) is 0 Å². The van der Waals surface area contributed by atoms with E-state index >= 15 is 0 Å². The Kier molecular flexibility index (Phi) is 7.59. The number of hydrogen-bond acceptors (Lipinski definition) is 8. The lowest BCUT2D eigenvalue weighted by molar-refractivity contribution is -0.136. The molecule has 7 nitrogen and oxygen atoms in total. The molecule has 0 unspecified atom stereocenters. The lowest BCUT2D eigenvalue weighted by atomic mass is 9.96. The third kappa shape index (κ3) is 5.28. The van der Waals surface area contributed by atoms with E-state index < -0.39 is 5.97 Å². The molecule has 1 fully saturated rings. The summed E-state index contributed by atoms with van der Waals surface area (Å²) >= 11 is 3.07. The van der Waals surface area contributed by atoms with Crippen LogP contribution in [0.4, 0.5) is 0 Å². The summed E-state index contributed by atoms with van der Waals surface area (Å²) in [6.07, 6.45) is 2.12. The van der Waals surface area contributed by atoms with E-state index in [9.17, 15) is 9.59 Å². The van der Waals surface area contributed by atoms with E-state index in [0.717, 1.165) is 48.9 Å². The number of carbonyl (C=O) groups excluding carboxylic acids is 2. The lowest BCUT2D eigenvalue weighted by Crippen LogP contribution is -2.45. The zero-order valence-electron chi connectivity index (χ0n) is 20.5. The van der Waals surface area contributed by atoms with Crippen molar-refractivity contribution in [2.45, 2.75) is 44.8 Å². The van der Waals surface area contributed by atoms with Crippen molar-refractivity contribution in [3.8, 4) is 0 Å². The molecule has 0 spiro atoms. The maximum absolute atomic E-state index is 13.1. The topological polar surface area (TPSA) is 74.2 Å². The number of hydrogen-bond donors (Lipinski definition) is 1. The summed E-state index contributed by atoms with van der Waals surface area (Å²) in [5, 5.41) is 10.0. The molecule has 3 aliphatic heterocycles. The Labute approximate surface area is 219 Å². The summed E-state index contributed by atoms with van der Waals surface area (Å²) in [5.74, 6) is -0.394. The number of esters is 1. The molecular weight excluding hydrogens is 492 g/mol. The molecule has 1 aromatic heterocycles. The number of carbonyl (C=O) groups is 2. The Balaban J connectivity index is 1.22. The summed E-state index contributed by atoms with van der Waals surface area (Å²) in [5.41, 5.74) is 4.33. The fourth-order valence-corrected chi connectivity index (χ4v) is 6.65. The quantitative estimate of drug-likeness (QED) is 0.533. The van der Waals surface area contributed by atoms with Gasteiger partial charge >= 0.3 is 5.97 Å². The average Bonchev–Trinajstić information content (AvgIpc) is 3.55. The fraction of sp³-hybridized carbons (Fsp3) is 0.370. The molecule has 1 N–H and O–H groups in total. The molecule has 188 valence electrons. The Morgan fingerprint density at radius 2 is 1.94 bits per heavy atom. The molecule has 1 aromatic carbocycles. The van der Waals surface area contributed by atoms with Gasteiger partial charge in [0, 0.05) is 31.4 Å². The first-order chi connectivity index (χ1) is 17.5. The van der Waals surface area contributed by atoms with Crippen LogP contribution in [-0.4, -0.2) is 53.1 Å². The van der Waals surface area contributed by atoms with E-state index in [1.807, 2.05) is 40.1 Å². The molecule has 3 aliphatic rings. The number of ether oxygens (including phenoxy) is 1. The second-order valence-electron chi connectivity index (χ2n) is 9.22. The third-order valence-electron chi connectivity index (χ3n) is 6.81. The highest BCUT2D eigenvalue weighted by atomic mass is 32.2. The molecule has 4 heterocycles. The van der Waals surface area contributed by atoms with Crippen molar-refractivity contribution in [1.29, 1.82) is 0 Å². The molecule has 1 amide bonds. The number of nitrogens with zero attached hydrogens (tertiary/aromatic N) is 3. The lowest BCUT2D eigenvalue weighted by Gasteiger charge is -2.36. The predicted octanol–water partition coefficient (Wildman–Crippen LogP) is 4.67. The predicted molar refractivity (Wildman–Crippen MR) is 144 cm³/mol. The van der Waals surface area contributed by atoms with E-state index in [1.54, 1.807) is 11.3 Å². The molecule has 5 rings (SSSR count). The van der Waals surface area contributed by atoms with E-state index in [-0.39, 0.29) is 24.4 Å². The van der Waals surface area contributed by atoms with Crippen LogP contribution in [0, 0.1) is 0 Å². The first-order valence-electron chi connectivity index (χ1n) is 12.1. The van der Waals surface area contributed by atoms with Crippen molar-refractivity contribution < 1.29 is 14.3 Å². The number of aliphatic imine (C=N–C) groups is 1. The molecular formula is C27H30N4O3S2. The number of piperidine rings is 1. The van der Waals surface area contributed by atoms with Gasteiger partial charge in [-0.25, -0.2) is 9.79 Å². The third-order valence-corrected chi connectivity index (χ3v) is 8.40. The number of amides is 1. The van der Waals surface area contributed by atoms with Gasteiger partial charge in [0.05, 0.1) is 30.8 Å². The zero-order chi connectivity index (χ0) is 25.1. The average molecular weight is 523 g/mol. The van der Waals surface area contributed by atoms with Crippen molar-refractivity contribution >= 4 is 40.1 Å². The smallest absolute Gasteiger partial charge is 0.338 e. The number of allylic oxidation sites excluding steroid dienone is 1. The van der Waals surface area contributed by atoms with Crippen molar-refractivity contribution in [1.82, 2.24) is 15.1 Å². The molecule has 36 heavy (non-hydrogen) atoms. The van der Waals surface area contributed by atoms with Gasteiger partial charge < -0.3 is 15.0 Å². The first kappa shape index (κ1) is 24.8. The van der Waals surface area contributed by atoms with E-state index in [1.165, 1.54) is 24.4 Å². The van der Waals surface area contributed by atoms with Gasteiger partial charge in [-0.3, -0.25) is 9.69 Å². The highest BCUT2D eigenvalue weighted by molar-refractivity contribution is 8.16. The van der Waals surface area contributed by atoms with Crippen molar-refractivity contribution in [2.75, 3.05) is 20.2 Å². The number of nitrogens with one attached hydrogen (secondary N) is 1. The number of amidine groups is 1. The van der Waals surface area contributed by atoms with Gasteiger partial charge in [0.25, 0.3) is 0 Å². The minimum absolute atomic E-state index is 0.000397. The standard InChI is InChI=1S/C27H30N4O3S2/c1-18-24(26(33)34-2)25(20-10-13-35-16-20)31-22(17-36-27(31)28-18)14-23(32)29-21-8-11-30(12-9-21)15-19-6-4-3-5-7-19/h3-7,10,13,16-17,21,25H,8-9,11-12,14-15H2,1-2H3,(H,29,32)/t25-/m1/s1. The first-order valence-corrected chi connectivity index (χ1v) is 14.0. The number of thiophene rings is 1. The summed E-state index contributed by atoms with van der Waals surface area (Å²) < 4.78 is 5.10. The van der Waals surface area contributed by atoms with Gasteiger partial charge in [0.15, 0.2) is 5.17 Å². The summed E-state index contributed by atoms with van der Waals surface area (Å²) in [4.78, 5) is 35.0. The Morgan fingerprint density at radius 3 is 2.64 bits per heavy atom. The monoisotopic (exact) mass is 522 g/mol. The Hall–Kier alpha value is -2.88. The van der Waals surface area contributed by atoms with Gasteiger partial charge in [0.1, 0.15) is 0 Å². The highest BCUT2D eigenvalue weighted by Gasteiger charge is 2.41.